The van der Waals surface area contributed by atoms with E-state index in [9.17, 15) is 9.59 Å². The van der Waals surface area contributed by atoms with E-state index in [2.05, 4.69) is 5.32 Å². The predicted octanol–water partition coefficient (Wildman–Crippen LogP) is 3.89. The standard InChI is InChI=1S/C19H24ClNO3/c1-24-19(23)11-17(13-4-6-16(20)7-5-13)21-18(22)10-15-9-12-2-3-14(15)8-12/h4-7,12,14-15,17H,2-3,8-11H2,1H3,(H,21,22). The molecule has 0 radical (unpaired) electrons. The van der Waals surface area contributed by atoms with Gasteiger partial charge in [0, 0.05) is 11.4 Å². The summed E-state index contributed by atoms with van der Waals surface area (Å²) < 4.78 is 4.76. The van der Waals surface area contributed by atoms with Crippen molar-refractivity contribution in [1.29, 1.82) is 0 Å². The van der Waals surface area contributed by atoms with E-state index in [-0.39, 0.29) is 24.3 Å². The lowest BCUT2D eigenvalue weighted by molar-refractivity contribution is -0.141. The first-order chi connectivity index (χ1) is 11.5. The third kappa shape index (κ3) is 4.10. The Hall–Kier alpha value is -1.55. The Morgan fingerprint density at radius 1 is 1.25 bits per heavy atom. The lowest BCUT2D eigenvalue weighted by atomic mass is 9.86. The summed E-state index contributed by atoms with van der Waals surface area (Å²) >= 11 is 5.93. The van der Waals surface area contributed by atoms with Gasteiger partial charge in [-0.25, -0.2) is 0 Å². The first-order valence-electron chi connectivity index (χ1n) is 8.66. The molecule has 0 aromatic heterocycles. The summed E-state index contributed by atoms with van der Waals surface area (Å²) in [5.41, 5.74) is 0.867. The summed E-state index contributed by atoms with van der Waals surface area (Å²) in [5, 5.41) is 3.65. The quantitative estimate of drug-likeness (QED) is 0.793. The van der Waals surface area contributed by atoms with Crippen molar-refractivity contribution in [2.24, 2.45) is 17.8 Å². The van der Waals surface area contributed by atoms with Crippen LogP contribution in [0.25, 0.3) is 0 Å². The smallest absolute Gasteiger partial charge is 0.307 e. The molecular formula is C19H24ClNO3. The average molecular weight is 350 g/mol. The molecule has 1 aromatic rings. The summed E-state index contributed by atoms with van der Waals surface area (Å²) in [6.07, 6.45) is 5.76. The minimum atomic E-state index is -0.374. The predicted molar refractivity (Wildman–Crippen MR) is 92.5 cm³/mol. The highest BCUT2D eigenvalue weighted by molar-refractivity contribution is 6.30. The molecule has 3 rings (SSSR count). The van der Waals surface area contributed by atoms with Crippen LogP contribution >= 0.6 is 11.6 Å². The van der Waals surface area contributed by atoms with Crippen LogP contribution in [0.4, 0.5) is 0 Å². The number of amides is 1. The fourth-order valence-corrected chi connectivity index (χ4v) is 4.44. The first-order valence-corrected chi connectivity index (χ1v) is 9.04. The number of methoxy groups -OCH3 is 1. The molecule has 1 N–H and O–H groups in total. The van der Waals surface area contributed by atoms with Crippen LogP contribution < -0.4 is 5.32 Å². The normalized spacial score (nSPS) is 26.2. The topological polar surface area (TPSA) is 55.4 Å². The molecule has 4 unspecified atom stereocenters. The molecule has 0 saturated heterocycles. The minimum Gasteiger partial charge on any atom is -0.469 e. The Morgan fingerprint density at radius 3 is 2.58 bits per heavy atom. The molecule has 2 aliphatic rings. The zero-order chi connectivity index (χ0) is 17.1. The van der Waals surface area contributed by atoms with Crippen LogP contribution in [0.2, 0.25) is 5.02 Å². The third-order valence-electron chi connectivity index (χ3n) is 5.54. The van der Waals surface area contributed by atoms with Gasteiger partial charge in [-0.05, 0) is 54.7 Å². The lowest BCUT2D eigenvalue weighted by Gasteiger charge is -2.23. The molecule has 1 aromatic carbocycles. The van der Waals surface area contributed by atoms with Crippen molar-refractivity contribution < 1.29 is 14.3 Å². The molecule has 2 saturated carbocycles. The molecule has 2 fully saturated rings. The zero-order valence-corrected chi connectivity index (χ0v) is 14.7. The van der Waals surface area contributed by atoms with Gasteiger partial charge < -0.3 is 10.1 Å². The van der Waals surface area contributed by atoms with Gasteiger partial charge in [0.2, 0.25) is 5.91 Å². The highest BCUT2D eigenvalue weighted by Crippen LogP contribution is 2.49. The lowest BCUT2D eigenvalue weighted by Crippen LogP contribution is -2.32. The molecule has 2 aliphatic carbocycles. The van der Waals surface area contributed by atoms with Crippen molar-refractivity contribution in [2.75, 3.05) is 7.11 Å². The Kier molecular flexibility index (Phi) is 5.44. The Labute approximate surface area is 147 Å². The van der Waals surface area contributed by atoms with Crippen molar-refractivity contribution in [3.63, 3.8) is 0 Å². The molecule has 4 atom stereocenters. The third-order valence-corrected chi connectivity index (χ3v) is 5.79. The summed E-state index contributed by atoms with van der Waals surface area (Å²) in [7, 11) is 1.36. The average Bonchev–Trinajstić information content (AvgIpc) is 3.17. The van der Waals surface area contributed by atoms with E-state index in [1.165, 1.54) is 32.8 Å². The number of ether oxygens (including phenoxy) is 1. The van der Waals surface area contributed by atoms with Gasteiger partial charge in [0.05, 0.1) is 19.6 Å². The van der Waals surface area contributed by atoms with Crippen LogP contribution in [-0.4, -0.2) is 19.0 Å². The zero-order valence-electron chi connectivity index (χ0n) is 14.0. The molecule has 0 spiro atoms. The van der Waals surface area contributed by atoms with Gasteiger partial charge in [-0.15, -0.1) is 0 Å². The number of fused-ring (bicyclic) bond motifs is 2. The minimum absolute atomic E-state index is 0.0244. The van der Waals surface area contributed by atoms with Crippen molar-refractivity contribution in [1.82, 2.24) is 5.32 Å². The molecule has 4 nitrogen and oxygen atoms in total. The SMILES string of the molecule is COC(=O)CC(NC(=O)CC1CC2CCC1C2)c1ccc(Cl)cc1. The van der Waals surface area contributed by atoms with Crippen molar-refractivity contribution in [3.8, 4) is 0 Å². The number of esters is 1. The number of nitrogens with one attached hydrogen (secondary N) is 1. The summed E-state index contributed by atoms with van der Waals surface area (Å²) in [6, 6.07) is 6.84. The molecule has 2 bridgehead atoms. The number of halogens is 1. The van der Waals surface area contributed by atoms with Crippen LogP contribution in [0.15, 0.2) is 24.3 Å². The number of benzene rings is 1. The maximum absolute atomic E-state index is 12.5. The van der Waals surface area contributed by atoms with Gasteiger partial charge in [0.15, 0.2) is 0 Å². The van der Waals surface area contributed by atoms with E-state index >= 15 is 0 Å². The van der Waals surface area contributed by atoms with E-state index in [0.29, 0.717) is 17.4 Å². The number of hydrogen-bond acceptors (Lipinski definition) is 3. The highest BCUT2D eigenvalue weighted by Gasteiger charge is 2.40. The summed E-state index contributed by atoms with van der Waals surface area (Å²) in [6.45, 7) is 0. The fraction of sp³-hybridized carbons (Fsp3) is 0.579. The Morgan fingerprint density at radius 2 is 2.00 bits per heavy atom. The van der Waals surface area contributed by atoms with Crippen molar-refractivity contribution in [3.05, 3.63) is 34.9 Å². The molecule has 130 valence electrons. The monoisotopic (exact) mass is 349 g/mol. The van der Waals surface area contributed by atoms with Gasteiger partial charge in [-0.2, -0.15) is 0 Å². The maximum Gasteiger partial charge on any atom is 0.307 e. The second kappa shape index (κ2) is 7.56. The number of carbonyl (C=O) groups is 2. The second-order valence-electron chi connectivity index (χ2n) is 7.09. The van der Waals surface area contributed by atoms with Gasteiger partial charge in [-0.1, -0.05) is 30.2 Å². The van der Waals surface area contributed by atoms with Gasteiger partial charge in [0.25, 0.3) is 0 Å². The van der Waals surface area contributed by atoms with Gasteiger partial charge in [0.1, 0.15) is 0 Å². The van der Waals surface area contributed by atoms with Crippen LogP contribution in [-0.2, 0) is 14.3 Å². The van der Waals surface area contributed by atoms with E-state index in [4.69, 9.17) is 16.3 Å². The van der Waals surface area contributed by atoms with E-state index in [1.807, 2.05) is 12.1 Å². The maximum atomic E-state index is 12.5. The molecular weight excluding hydrogens is 326 g/mol. The fourth-order valence-electron chi connectivity index (χ4n) is 4.32. The molecule has 1 amide bonds. The van der Waals surface area contributed by atoms with Gasteiger partial charge >= 0.3 is 5.97 Å². The Balaban J connectivity index is 1.63. The largest absolute Gasteiger partial charge is 0.469 e. The van der Waals surface area contributed by atoms with Crippen molar-refractivity contribution in [2.45, 2.75) is 44.6 Å². The number of carbonyl (C=O) groups excluding carboxylic acids is 2. The van der Waals surface area contributed by atoms with E-state index in [0.717, 1.165) is 17.4 Å². The van der Waals surface area contributed by atoms with E-state index in [1.54, 1.807) is 12.1 Å². The van der Waals surface area contributed by atoms with Gasteiger partial charge in [-0.3, -0.25) is 9.59 Å². The molecule has 0 heterocycles. The highest BCUT2D eigenvalue weighted by atomic mass is 35.5. The van der Waals surface area contributed by atoms with Crippen LogP contribution in [0.1, 0.15) is 50.1 Å². The Bertz CT molecular complexity index is 601. The van der Waals surface area contributed by atoms with Crippen LogP contribution in [0, 0.1) is 17.8 Å². The summed E-state index contributed by atoms with van der Waals surface area (Å²) in [5.74, 6) is 1.74. The van der Waals surface area contributed by atoms with Crippen molar-refractivity contribution >= 4 is 23.5 Å². The molecule has 0 aliphatic heterocycles. The molecule has 5 heteroatoms. The second-order valence-corrected chi connectivity index (χ2v) is 7.53. The van der Waals surface area contributed by atoms with E-state index < -0.39 is 0 Å². The number of rotatable bonds is 6. The van der Waals surface area contributed by atoms with Crippen LogP contribution in [0.5, 0.6) is 0 Å². The molecule has 24 heavy (non-hydrogen) atoms. The summed E-state index contributed by atoms with van der Waals surface area (Å²) in [4.78, 5) is 24.2. The first kappa shape index (κ1) is 17.3. The van der Waals surface area contributed by atoms with Crippen LogP contribution in [0.3, 0.4) is 0 Å². The number of hydrogen-bond donors (Lipinski definition) is 1.